The predicted molar refractivity (Wildman–Crippen MR) is 73.8 cm³/mol. The topological polar surface area (TPSA) is 34.1 Å². The largest absolute Gasteiger partial charge is 0.229 e. The lowest BCUT2D eigenvalue weighted by atomic mass is 10.1. The number of hydrogen-bond acceptors (Lipinski definition) is 2. The lowest BCUT2D eigenvalue weighted by molar-refractivity contribution is 0.603. The number of allylic oxidation sites excluding steroid dienone is 5. The molecule has 0 fully saturated rings. The van der Waals surface area contributed by atoms with Crippen molar-refractivity contribution in [2.45, 2.75) is 38.5 Å². The Hall–Kier alpha value is -0.830. The Kier molecular flexibility index (Phi) is 6.27. The van der Waals surface area contributed by atoms with Crippen molar-refractivity contribution in [3.8, 4) is 0 Å². The molecule has 1 aliphatic carbocycles. The van der Waals surface area contributed by atoms with Crippen molar-refractivity contribution in [1.29, 1.82) is 0 Å². The molecule has 1 aliphatic rings. The van der Waals surface area contributed by atoms with E-state index in [4.69, 9.17) is 0 Å². The van der Waals surface area contributed by atoms with Crippen LogP contribution in [-0.4, -0.2) is 20.4 Å². The van der Waals surface area contributed by atoms with Crippen molar-refractivity contribution in [2.24, 2.45) is 0 Å². The van der Waals surface area contributed by atoms with Crippen molar-refractivity contribution in [2.75, 3.05) is 12.0 Å². The minimum Gasteiger partial charge on any atom is -0.229 e. The molecule has 0 aromatic heterocycles. The van der Waals surface area contributed by atoms with Crippen LogP contribution >= 0.6 is 0 Å². The quantitative estimate of drug-likeness (QED) is 0.708. The van der Waals surface area contributed by atoms with Crippen LogP contribution in [0, 0.1) is 0 Å². The van der Waals surface area contributed by atoms with Crippen LogP contribution in [0.1, 0.15) is 38.5 Å². The Morgan fingerprint density at radius 1 is 0.941 bits per heavy atom. The van der Waals surface area contributed by atoms with E-state index in [-0.39, 0.29) is 5.75 Å². The maximum atomic E-state index is 11.3. The van der Waals surface area contributed by atoms with Crippen LogP contribution in [0.25, 0.3) is 0 Å². The molecule has 0 atom stereocenters. The van der Waals surface area contributed by atoms with Gasteiger partial charge in [-0.05, 0) is 38.5 Å². The van der Waals surface area contributed by atoms with Crippen LogP contribution in [-0.2, 0) is 9.84 Å². The van der Waals surface area contributed by atoms with Gasteiger partial charge in [0.05, 0.1) is 5.75 Å². The van der Waals surface area contributed by atoms with Gasteiger partial charge in [-0.1, -0.05) is 36.0 Å². The van der Waals surface area contributed by atoms with Gasteiger partial charge in [-0.3, -0.25) is 0 Å². The highest BCUT2D eigenvalue weighted by Gasteiger charge is 2.06. The van der Waals surface area contributed by atoms with Crippen LogP contribution in [0.2, 0.25) is 0 Å². The maximum absolute atomic E-state index is 11.3. The van der Waals surface area contributed by atoms with Gasteiger partial charge < -0.3 is 0 Å². The molecule has 0 unspecified atom stereocenters. The van der Waals surface area contributed by atoms with Gasteiger partial charge in [-0.25, -0.2) is 8.42 Å². The average molecular weight is 254 g/mol. The minimum absolute atomic E-state index is 0.213. The van der Waals surface area contributed by atoms with Gasteiger partial charge in [0.1, 0.15) is 0 Å². The summed E-state index contributed by atoms with van der Waals surface area (Å²) in [5, 5.41) is 0. The van der Waals surface area contributed by atoms with Gasteiger partial charge in [-0.15, -0.1) is 0 Å². The van der Waals surface area contributed by atoms with E-state index in [2.05, 4.69) is 30.4 Å². The first-order valence-electron chi connectivity index (χ1n) is 6.23. The van der Waals surface area contributed by atoms with E-state index in [1.54, 1.807) is 0 Å². The standard InChI is InChI=1S/C14H22O2S/c1-17(15,16)13-14-11-9-7-5-3-2-4-6-8-10-12-14/h3,5-6,8,11H,2,4,7,9-10,12-13H2,1H3/b5-3+,8-6+,14-11+. The lowest BCUT2D eigenvalue weighted by Gasteiger charge is -2.05. The summed E-state index contributed by atoms with van der Waals surface area (Å²) in [6.45, 7) is 0. The zero-order chi connectivity index (χ0) is 12.6. The van der Waals surface area contributed by atoms with E-state index in [0.717, 1.165) is 44.1 Å². The van der Waals surface area contributed by atoms with E-state index >= 15 is 0 Å². The Balaban J connectivity index is 2.64. The van der Waals surface area contributed by atoms with Crippen LogP contribution in [0.3, 0.4) is 0 Å². The van der Waals surface area contributed by atoms with Crippen molar-refractivity contribution < 1.29 is 8.42 Å². The van der Waals surface area contributed by atoms with Gasteiger partial charge in [0.2, 0.25) is 0 Å². The van der Waals surface area contributed by atoms with Crippen molar-refractivity contribution >= 4 is 9.84 Å². The highest BCUT2D eigenvalue weighted by Crippen LogP contribution is 2.12. The molecule has 0 aliphatic heterocycles. The average Bonchev–Trinajstić information content (AvgIpc) is 2.20. The molecule has 1 rings (SSSR count). The molecule has 2 nitrogen and oxygen atoms in total. The Morgan fingerprint density at radius 2 is 1.47 bits per heavy atom. The molecule has 0 heterocycles. The van der Waals surface area contributed by atoms with Crippen LogP contribution in [0.4, 0.5) is 0 Å². The summed E-state index contributed by atoms with van der Waals surface area (Å²) in [6, 6.07) is 0. The molecular weight excluding hydrogens is 232 g/mol. The first kappa shape index (κ1) is 14.2. The monoisotopic (exact) mass is 254 g/mol. The molecule has 0 saturated carbocycles. The molecule has 3 heteroatoms. The molecule has 0 amide bonds. The third-order valence-electron chi connectivity index (χ3n) is 2.68. The normalized spacial score (nSPS) is 26.1. The summed E-state index contributed by atoms with van der Waals surface area (Å²) in [5.74, 6) is 0.213. The van der Waals surface area contributed by atoms with Gasteiger partial charge in [0.25, 0.3) is 0 Å². The summed E-state index contributed by atoms with van der Waals surface area (Å²) in [6.07, 6.45) is 18.1. The summed E-state index contributed by atoms with van der Waals surface area (Å²) in [4.78, 5) is 0. The minimum atomic E-state index is -2.90. The van der Waals surface area contributed by atoms with Crippen molar-refractivity contribution in [1.82, 2.24) is 0 Å². The van der Waals surface area contributed by atoms with Crippen molar-refractivity contribution in [3.05, 3.63) is 36.0 Å². The highest BCUT2D eigenvalue weighted by molar-refractivity contribution is 7.90. The molecular formula is C14H22O2S. The van der Waals surface area contributed by atoms with Crippen LogP contribution in [0.15, 0.2) is 36.0 Å². The first-order valence-corrected chi connectivity index (χ1v) is 8.29. The third-order valence-corrected chi connectivity index (χ3v) is 3.57. The number of hydrogen-bond donors (Lipinski definition) is 0. The summed E-state index contributed by atoms with van der Waals surface area (Å²) in [5.41, 5.74) is 1.06. The zero-order valence-electron chi connectivity index (χ0n) is 10.6. The molecule has 0 bridgehead atoms. The molecule has 0 N–H and O–H groups in total. The SMILES string of the molecule is CS(=O)(=O)C/C1=C/CC/C=C/CC/C=C/CC1. The molecule has 0 spiro atoms. The Bertz CT molecular complexity index is 400. The first-order chi connectivity index (χ1) is 8.08. The van der Waals surface area contributed by atoms with E-state index in [9.17, 15) is 8.42 Å². The third kappa shape index (κ3) is 7.97. The van der Waals surface area contributed by atoms with Gasteiger partial charge in [0, 0.05) is 6.26 Å². The zero-order valence-corrected chi connectivity index (χ0v) is 11.4. The van der Waals surface area contributed by atoms with E-state index in [1.807, 2.05) is 0 Å². The van der Waals surface area contributed by atoms with E-state index in [1.165, 1.54) is 6.26 Å². The second-order valence-electron chi connectivity index (χ2n) is 4.57. The van der Waals surface area contributed by atoms with Gasteiger partial charge in [-0.2, -0.15) is 0 Å². The molecule has 17 heavy (non-hydrogen) atoms. The van der Waals surface area contributed by atoms with Crippen LogP contribution in [0.5, 0.6) is 0 Å². The molecule has 0 saturated heterocycles. The maximum Gasteiger partial charge on any atom is 0.151 e. The molecule has 96 valence electrons. The summed E-state index contributed by atoms with van der Waals surface area (Å²) < 4.78 is 22.6. The molecule has 0 aromatic rings. The summed E-state index contributed by atoms with van der Waals surface area (Å²) in [7, 11) is -2.90. The van der Waals surface area contributed by atoms with Crippen LogP contribution < -0.4 is 0 Å². The molecule has 0 aromatic carbocycles. The fraction of sp³-hybridized carbons (Fsp3) is 0.571. The predicted octanol–water partition coefficient (Wildman–Crippen LogP) is 3.42. The van der Waals surface area contributed by atoms with Crippen molar-refractivity contribution in [3.63, 3.8) is 0 Å². The fourth-order valence-corrected chi connectivity index (χ4v) is 2.82. The fourth-order valence-electron chi connectivity index (χ4n) is 1.89. The van der Waals surface area contributed by atoms with Gasteiger partial charge >= 0.3 is 0 Å². The number of rotatable bonds is 2. The smallest absolute Gasteiger partial charge is 0.151 e. The Labute approximate surface area is 105 Å². The number of sulfone groups is 1. The Morgan fingerprint density at radius 3 is 2.06 bits per heavy atom. The second-order valence-corrected chi connectivity index (χ2v) is 6.71. The highest BCUT2D eigenvalue weighted by atomic mass is 32.2. The van der Waals surface area contributed by atoms with Gasteiger partial charge in [0.15, 0.2) is 9.84 Å². The lowest BCUT2D eigenvalue weighted by Crippen LogP contribution is -2.06. The second kappa shape index (κ2) is 7.49. The van der Waals surface area contributed by atoms with E-state index in [0.29, 0.717) is 0 Å². The van der Waals surface area contributed by atoms with E-state index < -0.39 is 9.84 Å². The molecule has 0 radical (unpaired) electrons. The summed E-state index contributed by atoms with van der Waals surface area (Å²) >= 11 is 0.